The van der Waals surface area contributed by atoms with Gasteiger partial charge in [-0.2, -0.15) is 0 Å². The molecule has 0 bridgehead atoms. The molecule has 0 aromatic carbocycles. The maximum Gasteiger partial charge on any atom is 0.152 e. The second-order valence-electron chi connectivity index (χ2n) is 3.29. The van der Waals surface area contributed by atoms with Crippen molar-refractivity contribution in [3.63, 3.8) is 0 Å². The lowest BCUT2D eigenvalue weighted by atomic mass is 10.3. The summed E-state index contributed by atoms with van der Waals surface area (Å²) in [4.78, 5) is 0. The van der Waals surface area contributed by atoms with E-state index in [0.29, 0.717) is 13.0 Å². The molecule has 0 aromatic rings. The molecule has 1 saturated heterocycles. The van der Waals surface area contributed by atoms with Crippen LogP contribution in [0.2, 0.25) is 0 Å². The fourth-order valence-electron chi connectivity index (χ4n) is 1.15. The molecular weight excluding hydrogens is 176 g/mol. The minimum atomic E-state index is -2.80. The molecule has 0 aliphatic carbocycles. The molecule has 1 atom stereocenters. The lowest BCUT2D eigenvalue weighted by molar-refractivity contribution is 0.0890. The van der Waals surface area contributed by atoms with Crippen LogP contribution in [0.1, 0.15) is 13.3 Å². The molecule has 0 radical (unpaired) electrons. The van der Waals surface area contributed by atoms with Crippen LogP contribution in [0.15, 0.2) is 12.2 Å². The summed E-state index contributed by atoms with van der Waals surface area (Å²) < 4.78 is 27.3. The Morgan fingerprint density at radius 1 is 1.67 bits per heavy atom. The van der Waals surface area contributed by atoms with Crippen molar-refractivity contribution in [2.45, 2.75) is 19.4 Å². The summed E-state index contributed by atoms with van der Waals surface area (Å²) in [5, 5.41) is 0. The molecule has 12 heavy (non-hydrogen) atoms. The summed E-state index contributed by atoms with van der Waals surface area (Å²) in [6, 6.07) is 0. The highest BCUT2D eigenvalue weighted by Gasteiger charge is 2.28. The van der Waals surface area contributed by atoms with Crippen LogP contribution in [-0.2, 0) is 14.6 Å². The minimum absolute atomic E-state index is 0.105. The predicted molar refractivity (Wildman–Crippen MR) is 47.8 cm³/mol. The summed E-state index contributed by atoms with van der Waals surface area (Å²) in [6.07, 6.45) is 0.530. The Kier molecular flexibility index (Phi) is 2.90. The van der Waals surface area contributed by atoms with Gasteiger partial charge in [0.25, 0.3) is 0 Å². The SMILES string of the molecule is C=C(C)COC1CCS(=O)(=O)C1. The average molecular weight is 190 g/mol. The van der Waals surface area contributed by atoms with Gasteiger partial charge in [0.1, 0.15) is 0 Å². The number of sulfone groups is 1. The van der Waals surface area contributed by atoms with Gasteiger partial charge in [0.2, 0.25) is 0 Å². The first-order valence-electron chi connectivity index (χ1n) is 3.96. The van der Waals surface area contributed by atoms with Crippen molar-refractivity contribution in [3.8, 4) is 0 Å². The van der Waals surface area contributed by atoms with E-state index >= 15 is 0 Å². The van der Waals surface area contributed by atoms with Crippen LogP contribution >= 0.6 is 0 Å². The van der Waals surface area contributed by atoms with E-state index in [1.54, 1.807) is 0 Å². The molecule has 0 spiro atoms. The Morgan fingerprint density at radius 3 is 2.75 bits per heavy atom. The molecule has 0 aromatic heterocycles. The van der Waals surface area contributed by atoms with E-state index in [-0.39, 0.29) is 17.6 Å². The lowest BCUT2D eigenvalue weighted by Gasteiger charge is -2.08. The van der Waals surface area contributed by atoms with Crippen molar-refractivity contribution in [3.05, 3.63) is 12.2 Å². The third kappa shape index (κ3) is 2.95. The molecule has 0 amide bonds. The summed E-state index contributed by atoms with van der Waals surface area (Å²) >= 11 is 0. The van der Waals surface area contributed by atoms with Gasteiger partial charge in [0.15, 0.2) is 9.84 Å². The molecule has 0 saturated carbocycles. The topological polar surface area (TPSA) is 43.4 Å². The molecule has 0 N–H and O–H groups in total. The normalized spacial score (nSPS) is 27.2. The van der Waals surface area contributed by atoms with Crippen molar-refractivity contribution in [2.24, 2.45) is 0 Å². The molecule has 70 valence electrons. The van der Waals surface area contributed by atoms with Crippen LogP contribution in [0.4, 0.5) is 0 Å². The molecule has 1 unspecified atom stereocenters. The third-order valence-corrected chi connectivity index (χ3v) is 3.49. The highest BCUT2D eigenvalue weighted by molar-refractivity contribution is 7.91. The van der Waals surface area contributed by atoms with Gasteiger partial charge in [0, 0.05) is 0 Å². The highest BCUT2D eigenvalue weighted by Crippen LogP contribution is 2.15. The zero-order chi connectivity index (χ0) is 9.19. The fraction of sp³-hybridized carbons (Fsp3) is 0.750. The third-order valence-electron chi connectivity index (χ3n) is 1.76. The zero-order valence-electron chi connectivity index (χ0n) is 7.25. The molecule has 1 heterocycles. The van der Waals surface area contributed by atoms with Gasteiger partial charge >= 0.3 is 0 Å². The first-order chi connectivity index (χ1) is 5.49. The molecule has 4 heteroatoms. The summed E-state index contributed by atoms with van der Waals surface area (Å²) in [5.41, 5.74) is 0.930. The first kappa shape index (κ1) is 9.74. The van der Waals surface area contributed by atoms with Crippen LogP contribution in [0.25, 0.3) is 0 Å². The Morgan fingerprint density at radius 2 is 2.33 bits per heavy atom. The summed E-state index contributed by atoms with van der Waals surface area (Å²) in [6.45, 7) is 6.01. The van der Waals surface area contributed by atoms with E-state index in [1.807, 2.05) is 6.92 Å². The van der Waals surface area contributed by atoms with Crippen molar-refractivity contribution < 1.29 is 13.2 Å². The van der Waals surface area contributed by atoms with Crippen LogP contribution < -0.4 is 0 Å². The molecule has 1 aliphatic rings. The van der Waals surface area contributed by atoms with Crippen LogP contribution in [0, 0.1) is 0 Å². The molecular formula is C8H14O3S. The maximum atomic E-state index is 11.0. The van der Waals surface area contributed by atoms with E-state index in [0.717, 1.165) is 5.57 Å². The van der Waals surface area contributed by atoms with Crippen molar-refractivity contribution in [2.75, 3.05) is 18.1 Å². The van der Waals surface area contributed by atoms with Crippen molar-refractivity contribution in [1.82, 2.24) is 0 Å². The van der Waals surface area contributed by atoms with E-state index < -0.39 is 9.84 Å². The maximum absolute atomic E-state index is 11.0. The van der Waals surface area contributed by atoms with Crippen LogP contribution in [-0.4, -0.2) is 32.6 Å². The molecule has 1 fully saturated rings. The summed E-state index contributed by atoms with van der Waals surface area (Å²) in [5.74, 6) is 0.453. The van der Waals surface area contributed by atoms with Gasteiger partial charge in [-0.3, -0.25) is 0 Å². The predicted octanol–water partition coefficient (Wildman–Crippen LogP) is 0.766. The Balaban J connectivity index is 2.34. The molecule has 3 nitrogen and oxygen atoms in total. The second-order valence-corrected chi connectivity index (χ2v) is 5.52. The summed E-state index contributed by atoms with van der Waals surface area (Å²) in [7, 11) is -2.80. The number of hydrogen-bond donors (Lipinski definition) is 0. The van der Waals surface area contributed by atoms with E-state index in [2.05, 4.69) is 6.58 Å². The van der Waals surface area contributed by atoms with Crippen molar-refractivity contribution in [1.29, 1.82) is 0 Å². The standard InChI is InChI=1S/C8H14O3S/c1-7(2)5-11-8-3-4-12(9,10)6-8/h8H,1,3-6H2,2H3. The number of hydrogen-bond acceptors (Lipinski definition) is 3. The zero-order valence-corrected chi connectivity index (χ0v) is 8.06. The smallest absolute Gasteiger partial charge is 0.152 e. The number of rotatable bonds is 3. The Hall–Kier alpha value is -0.350. The van der Waals surface area contributed by atoms with Crippen LogP contribution in [0.3, 0.4) is 0 Å². The van der Waals surface area contributed by atoms with E-state index in [4.69, 9.17) is 4.74 Å². The molecule has 1 rings (SSSR count). The van der Waals surface area contributed by atoms with Crippen molar-refractivity contribution >= 4 is 9.84 Å². The number of ether oxygens (including phenoxy) is 1. The first-order valence-corrected chi connectivity index (χ1v) is 5.78. The van der Waals surface area contributed by atoms with Gasteiger partial charge in [-0.15, -0.1) is 0 Å². The Labute approximate surface area is 73.3 Å². The van der Waals surface area contributed by atoms with E-state index in [9.17, 15) is 8.42 Å². The van der Waals surface area contributed by atoms with Gasteiger partial charge in [0.05, 0.1) is 24.2 Å². The van der Waals surface area contributed by atoms with Gasteiger partial charge in [-0.25, -0.2) is 8.42 Å². The Bertz CT molecular complexity index is 266. The van der Waals surface area contributed by atoms with Gasteiger partial charge < -0.3 is 4.74 Å². The average Bonchev–Trinajstić information content (AvgIpc) is 2.26. The minimum Gasteiger partial charge on any atom is -0.373 e. The largest absolute Gasteiger partial charge is 0.373 e. The highest BCUT2D eigenvalue weighted by atomic mass is 32.2. The van der Waals surface area contributed by atoms with E-state index in [1.165, 1.54) is 0 Å². The van der Waals surface area contributed by atoms with Gasteiger partial charge in [-0.1, -0.05) is 12.2 Å². The fourth-order valence-corrected chi connectivity index (χ4v) is 2.77. The van der Waals surface area contributed by atoms with Gasteiger partial charge in [-0.05, 0) is 13.3 Å². The lowest BCUT2D eigenvalue weighted by Crippen LogP contribution is -2.15. The quantitative estimate of drug-likeness (QED) is 0.617. The second kappa shape index (κ2) is 3.58. The molecule has 1 aliphatic heterocycles. The monoisotopic (exact) mass is 190 g/mol. The van der Waals surface area contributed by atoms with Crippen LogP contribution in [0.5, 0.6) is 0 Å².